The van der Waals surface area contributed by atoms with Crippen LogP contribution in [-0.4, -0.2) is 124 Å². The molecule has 3 fully saturated rings. The zero-order chi connectivity index (χ0) is 36.4. The predicted molar refractivity (Wildman–Crippen MR) is 199 cm³/mol. The Morgan fingerprint density at radius 3 is 2.38 bits per heavy atom. The van der Waals surface area contributed by atoms with Crippen molar-refractivity contribution in [3.05, 3.63) is 75.7 Å². The monoisotopic (exact) mass is 710 g/mol. The first-order chi connectivity index (χ1) is 25.1. The number of aromatic amines is 1. The molecule has 3 aliphatic rings. The van der Waals surface area contributed by atoms with Crippen molar-refractivity contribution in [2.45, 2.75) is 70.7 Å². The topological polar surface area (TPSA) is 136 Å². The van der Waals surface area contributed by atoms with Gasteiger partial charge in [-0.1, -0.05) is 24.3 Å². The number of benzene rings is 2. The van der Waals surface area contributed by atoms with E-state index < -0.39 is 6.04 Å². The second kappa shape index (κ2) is 15.5. The molecule has 1 unspecified atom stereocenters. The lowest BCUT2D eigenvalue weighted by atomic mass is 9.89. The number of likely N-dealkylation sites (tertiary alicyclic amines) is 2. The molecule has 3 aliphatic heterocycles. The summed E-state index contributed by atoms with van der Waals surface area (Å²) in [6.45, 7) is 9.44. The number of carbonyl (C=O) groups is 3. The molecule has 2 aromatic carbocycles. The Morgan fingerprint density at radius 1 is 0.923 bits per heavy atom. The summed E-state index contributed by atoms with van der Waals surface area (Å²) in [6, 6.07) is 13.3. The summed E-state index contributed by atoms with van der Waals surface area (Å²) in [4.78, 5) is 64.1. The highest BCUT2D eigenvalue weighted by molar-refractivity contribution is 5.88. The quantitative estimate of drug-likeness (QED) is 0.266. The van der Waals surface area contributed by atoms with Crippen LogP contribution >= 0.6 is 0 Å². The van der Waals surface area contributed by atoms with Crippen molar-refractivity contribution in [1.29, 1.82) is 0 Å². The molecule has 5 heterocycles. The first-order valence-electron chi connectivity index (χ1n) is 18.6. The van der Waals surface area contributed by atoms with Crippen LogP contribution in [0.1, 0.15) is 55.2 Å². The number of rotatable bonds is 8. The highest BCUT2D eigenvalue weighted by atomic mass is 16.5. The van der Waals surface area contributed by atoms with E-state index >= 15 is 0 Å². The van der Waals surface area contributed by atoms with E-state index in [0.29, 0.717) is 51.5 Å². The van der Waals surface area contributed by atoms with Crippen LogP contribution in [0.3, 0.4) is 0 Å². The summed E-state index contributed by atoms with van der Waals surface area (Å²) in [6.07, 6.45) is 5.79. The van der Waals surface area contributed by atoms with E-state index in [4.69, 9.17) is 4.74 Å². The summed E-state index contributed by atoms with van der Waals surface area (Å²) in [5, 5.41) is 9.59. The van der Waals surface area contributed by atoms with Crippen molar-refractivity contribution in [2.75, 3.05) is 59.4 Å². The summed E-state index contributed by atoms with van der Waals surface area (Å²) in [5.41, 5.74) is 4.14. The zero-order valence-corrected chi connectivity index (χ0v) is 30.5. The van der Waals surface area contributed by atoms with Gasteiger partial charge in [0.15, 0.2) is 6.73 Å². The zero-order valence-electron chi connectivity index (χ0n) is 30.5. The van der Waals surface area contributed by atoms with Crippen LogP contribution in [0, 0.1) is 6.92 Å². The Bertz CT molecular complexity index is 1980. The number of amides is 3. The minimum atomic E-state index is -0.753. The molecule has 0 aliphatic carbocycles. The molecule has 0 bridgehead atoms. The van der Waals surface area contributed by atoms with Gasteiger partial charge in [0.25, 0.3) is 5.56 Å². The van der Waals surface area contributed by atoms with Crippen LogP contribution in [0.15, 0.2) is 53.5 Å². The molecular weight excluding hydrogens is 660 g/mol. The lowest BCUT2D eigenvalue weighted by molar-refractivity contribution is -0.145. The lowest BCUT2D eigenvalue weighted by Gasteiger charge is -2.43. The molecule has 0 radical (unpaired) electrons. The minimum Gasteiger partial charge on any atom is -0.443 e. The Balaban J connectivity index is 1.05. The molecular formula is C39H50N8O5. The number of aromatic nitrogens is 3. The van der Waals surface area contributed by atoms with E-state index in [1.165, 1.54) is 6.92 Å². The number of pyridine rings is 1. The fourth-order valence-electron chi connectivity index (χ4n) is 8.20. The Hall–Kier alpha value is -4.75. The van der Waals surface area contributed by atoms with Gasteiger partial charge >= 0.3 is 12.0 Å². The van der Waals surface area contributed by atoms with Gasteiger partial charge in [0, 0.05) is 81.3 Å². The van der Waals surface area contributed by atoms with Crippen LogP contribution in [-0.2, 0) is 27.5 Å². The van der Waals surface area contributed by atoms with Gasteiger partial charge in [-0.2, -0.15) is 5.10 Å². The Kier molecular flexibility index (Phi) is 10.6. The van der Waals surface area contributed by atoms with Crippen molar-refractivity contribution >= 4 is 39.7 Å². The maximum absolute atomic E-state index is 14.3. The van der Waals surface area contributed by atoms with Gasteiger partial charge in [0.2, 0.25) is 5.91 Å². The highest BCUT2D eigenvalue weighted by Gasteiger charge is 2.34. The van der Waals surface area contributed by atoms with Crippen molar-refractivity contribution in [3.63, 3.8) is 0 Å². The minimum absolute atomic E-state index is 0.0193. The summed E-state index contributed by atoms with van der Waals surface area (Å²) < 4.78 is 6.72. The first-order valence-corrected chi connectivity index (χ1v) is 18.6. The Morgan fingerprint density at radius 2 is 1.65 bits per heavy atom. The molecule has 4 aromatic rings. The van der Waals surface area contributed by atoms with E-state index in [-0.39, 0.29) is 36.1 Å². The number of nitrogens with zero attached hydrogens (tertiary/aromatic N) is 6. The van der Waals surface area contributed by atoms with E-state index in [2.05, 4.69) is 32.2 Å². The van der Waals surface area contributed by atoms with Gasteiger partial charge in [-0.25, -0.2) is 9.48 Å². The third-order valence-corrected chi connectivity index (χ3v) is 11.2. The van der Waals surface area contributed by atoms with Crippen LogP contribution < -0.4 is 10.9 Å². The third-order valence-electron chi connectivity index (χ3n) is 11.2. The average molecular weight is 711 g/mol. The van der Waals surface area contributed by atoms with E-state index in [9.17, 15) is 19.2 Å². The maximum atomic E-state index is 14.3. The molecule has 276 valence electrons. The number of carbonyl (C=O) groups excluding carboxylic acids is 3. The van der Waals surface area contributed by atoms with E-state index in [0.717, 1.165) is 77.5 Å². The molecule has 52 heavy (non-hydrogen) atoms. The average Bonchev–Trinajstić information content (AvgIpc) is 3.57. The number of fused-ring (bicyclic) bond motifs is 2. The number of piperidine rings is 2. The largest absolute Gasteiger partial charge is 0.443 e. The van der Waals surface area contributed by atoms with Gasteiger partial charge in [-0.05, 0) is 93.4 Å². The number of aryl methyl sites for hydroxylation is 1. The van der Waals surface area contributed by atoms with Crippen LogP contribution in [0.4, 0.5) is 4.79 Å². The van der Waals surface area contributed by atoms with Gasteiger partial charge in [-0.3, -0.25) is 19.3 Å². The number of ether oxygens (including phenoxy) is 1. The summed E-state index contributed by atoms with van der Waals surface area (Å²) in [7, 11) is 2.17. The van der Waals surface area contributed by atoms with Crippen LogP contribution in [0.5, 0.6) is 0 Å². The Labute approximate surface area is 303 Å². The summed E-state index contributed by atoms with van der Waals surface area (Å²) in [5.74, 6) is -0.405. The molecule has 2 N–H and O–H groups in total. The normalized spacial score (nSPS) is 18.9. The van der Waals surface area contributed by atoms with Gasteiger partial charge < -0.3 is 29.7 Å². The van der Waals surface area contributed by atoms with E-state index in [1.807, 2.05) is 60.5 Å². The number of para-hydroxylation sites is 1. The van der Waals surface area contributed by atoms with Gasteiger partial charge in [0.05, 0.1) is 5.52 Å². The van der Waals surface area contributed by atoms with Gasteiger partial charge in [-0.15, -0.1) is 0 Å². The number of hydrogen-bond acceptors (Lipinski definition) is 8. The molecule has 1 atom stereocenters. The van der Waals surface area contributed by atoms with E-state index in [1.54, 1.807) is 9.58 Å². The van der Waals surface area contributed by atoms with Gasteiger partial charge in [0.1, 0.15) is 6.04 Å². The number of piperazine rings is 1. The molecule has 3 amide bonds. The number of urea groups is 1. The fourth-order valence-corrected chi connectivity index (χ4v) is 8.20. The molecule has 3 saturated heterocycles. The molecule has 0 saturated carbocycles. The molecule has 13 heteroatoms. The standard InChI is InChI=1S/C39H50N8O5/c1-26-20-28(21-31-24-47(42-36(26)31)25-52-27(2)48)22-35(38(50)45-18-16-44(17-19-45)32-10-12-43(3)13-11-32)41-39(51)46-14-8-29(9-15-46)33-23-30-6-4-5-7-34(30)40-37(33)49/h4-7,20-21,23-24,29,32,35H,8-19,22,25H2,1-3H3,(H,40,49)(H,41,51). The number of hydrogen-bond donors (Lipinski definition) is 2. The highest BCUT2D eigenvalue weighted by Crippen LogP contribution is 2.28. The van der Waals surface area contributed by atoms with Crippen molar-refractivity contribution in [1.82, 2.24) is 39.7 Å². The van der Waals surface area contributed by atoms with Crippen LogP contribution in [0.25, 0.3) is 21.8 Å². The second-order valence-electron chi connectivity index (χ2n) is 14.8. The number of nitrogens with one attached hydrogen (secondary N) is 2. The number of H-pyrrole nitrogens is 1. The van der Waals surface area contributed by atoms with Crippen molar-refractivity contribution in [2.24, 2.45) is 0 Å². The molecule has 2 aromatic heterocycles. The predicted octanol–water partition coefficient (Wildman–Crippen LogP) is 3.45. The SMILES string of the molecule is CC(=O)OCn1cc2cc(CC(NC(=O)N3CCC(c4cc5ccccc5[nH]c4=O)CC3)C(=O)N3CCN(C4CCN(C)CC4)CC3)cc(C)c2n1. The molecule has 7 rings (SSSR count). The third kappa shape index (κ3) is 8.00. The molecule has 0 spiro atoms. The van der Waals surface area contributed by atoms with Crippen molar-refractivity contribution < 1.29 is 19.1 Å². The second-order valence-corrected chi connectivity index (χ2v) is 14.8. The first kappa shape index (κ1) is 35.6. The summed E-state index contributed by atoms with van der Waals surface area (Å²) >= 11 is 0. The molecule has 13 nitrogen and oxygen atoms in total. The van der Waals surface area contributed by atoms with Crippen molar-refractivity contribution in [3.8, 4) is 0 Å². The lowest BCUT2D eigenvalue weighted by Crippen LogP contribution is -2.59. The fraction of sp³-hybridized carbons (Fsp3) is 0.513. The van der Waals surface area contributed by atoms with Crippen LogP contribution in [0.2, 0.25) is 0 Å². The number of esters is 1. The smallest absolute Gasteiger partial charge is 0.318 e. The maximum Gasteiger partial charge on any atom is 0.318 e.